The molecular weight excluding hydrogens is 330 g/mol. The van der Waals surface area contributed by atoms with Crippen LogP contribution in [0.4, 0.5) is 0 Å². The predicted molar refractivity (Wildman–Crippen MR) is 97.5 cm³/mol. The Morgan fingerprint density at radius 1 is 1.31 bits per heavy atom. The van der Waals surface area contributed by atoms with Crippen LogP contribution in [0, 0.1) is 6.92 Å². The van der Waals surface area contributed by atoms with Crippen LogP contribution in [0.2, 0.25) is 0 Å². The van der Waals surface area contributed by atoms with Crippen LogP contribution in [-0.4, -0.2) is 40.5 Å². The van der Waals surface area contributed by atoms with Crippen molar-refractivity contribution >= 4 is 11.8 Å². The van der Waals surface area contributed by atoms with E-state index in [9.17, 15) is 9.59 Å². The van der Waals surface area contributed by atoms with Gasteiger partial charge >= 0.3 is 0 Å². The van der Waals surface area contributed by atoms with E-state index in [1.54, 1.807) is 11.0 Å². The van der Waals surface area contributed by atoms with Crippen molar-refractivity contribution in [1.29, 1.82) is 0 Å². The van der Waals surface area contributed by atoms with Crippen molar-refractivity contribution in [1.82, 2.24) is 15.4 Å². The first-order valence-corrected chi connectivity index (χ1v) is 8.90. The summed E-state index contributed by atoms with van der Waals surface area (Å²) in [5.74, 6) is 0.736. The fraction of sp³-hybridized carbons (Fsp3) is 0.450. The van der Waals surface area contributed by atoms with Crippen LogP contribution >= 0.6 is 0 Å². The summed E-state index contributed by atoms with van der Waals surface area (Å²) in [5, 5.41) is 6.78. The number of carbonyl (C=O) groups excluding carboxylic acids is 2. The van der Waals surface area contributed by atoms with Crippen LogP contribution in [0.5, 0.6) is 0 Å². The van der Waals surface area contributed by atoms with Gasteiger partial charge in [-0.1, -0.05) is 42.4 Å². The van der Waals surface area contributed by atoms with Crippen LogP contribution in [-0.2, 0) is 16.0 Å². The van der Waals surface area contributed by atoms with Gasteiger partial charge in [-0.3, -0.25) is 9.59 Å². The smallest absolute Gasteiger partial charge is 0.228 e. The molecule has 1 fully saturated rings. The van der Waals surface area contributed by atoms with Crippen LogP contribution in [0.15, 0.2) is 40.9 Å². The molecule has 1 saturated heterocycles. The minimum Gasteiger partial charge on any atom is -0.361 e. The zero-order valence-electron chi connectivity index (χ0n) is 15.5. The van der Waals surface area contributed by atoms with E-state index in [1.807, 2.05) is 44.2 Å². The van der Waals surface area contributed by atoms with Crippen LogP contribution < -0.4 is 5.32 Å². The molecule has 6 heteroatoms. The molecule has 0 saturated carbocycles. The standard InChI is InChI=1S/C20H25N3O3/c1-14(16-7-5-4-6-8-16)9-19(25)23-12-20(3,13-23)21-18(24)11-17-10-15(2)22-26-17/h4-8,10,14H,9,11-13H2,1-3H3,(H,21,24). The highest BCUT2D eigenvalue weighted by Gasteiger charge is 2.42. The number of likely N-dealkylation sites (tertiary alicyclic amines) is 1. The fourth-order valence-electron chi connectivity index (χ4n) is 3.38. The van der Waals surface area contributed by atoms with E-state index in [0.29, 0.717) is 25.3 Å². The number of amides is 2. The Bertz CT molecular complexity index is 779. The van der Waals surface area contributed by atoms with Gasteiger partial charge < -0.3 is 14.7 Å². The molecule has 2 aromatic rings. The van der Waals surface area contributed by atoms with Gasteiger partial charge in [0.1, 0.15) is 5.76 Å². The lowest BCUT2D eigenvalue weighted by atomic mass is 9.89. The molecule has 26 heavy (non-hydrogen) atoms. The topological polar surface area (TPSA) is 75.4 Å². The van der Waals surface area contributed by atoms with Crippen molar-refractivity contribution in [2.24, 2.45) is 0 Å². The van der Waals surface area contributed by atoms with Gasteiger partial charge in [0.05, 0.1) is 17.7 Å². The average Bonchev–Trinajstić information content (AvgIpc) is 2.97. The molecular formula is C20H25N3O3. The van der Waals surface area contributed by atoms with E-state index in [0.717, 1.165) is 5.69 Å². The van der Waals surface area contributed by atoms with E-state index in [4.69, 9.17) is 4.52 Å². The molecule has 2 heterocycles. The van der Waals surface area contributed by atoms with E-state index in [1.165, 1.54) is 5.56 Å². The Morgan fingerprint density at radius 2 is 2.00 bits per heavy atom. The van der Waals surface area contributed by atoms with Crippen LogP contribution in [0.3, 0.4) is 0 Å². The number of hydrogen-bond acceptors (Lipinski definition) is 4. The zero-order valence-corrected chi connectivity index (χ0v) is 15.5. The molecule has 1 aromatic heterocycles. The van der Waals surface area contributed by atoms with Gasteiger partial charge in [0, 0.05) is 25.6 Å². The molecule has 1 aliphatic rings. The van der Waals surface area contributed by atoms with E-state index < -0.39 is 0 Å². The number of aryl methyl sites for hydroxylation is 1. The Balaban J connectivity index is 1.46. The second-order valence-corrected chi connectivity index (χ2v) is 7.49. The van der Waals surface area contributed by atoms with Gasteiger partial charge in [-0.15, -0.1) is 0 Å². The first kappa shape index (κ1) is 18.2. The summed E-state index contributed by atoms with van der Waals surface area (Å²) in [5.41, 5.74) is 1.55. The lowest BCUT2D eigenvalue weighted by Gasteiger charge is -2.48. The normalized spacial score (nSPS) is 16.7. The van der Waals surface area contributed by atoms with Crippen molar-refractivity contribution in [3.8, 4) is 0 Å². The molecule has 138 valence electrons. The number of aromatic nitrogens is 1. The van der Waals surface area contributed by atoms with Gasteiger partial charge in [-0.2, -0.15) is 0 Å². The van der Waals surface area contributed by atoms with Crippen molar-refractivity contribution in [3.63, 3.8) is 0 Å². The number of nitrogens with zero attached hydrogens (tertiary/aromatic N) is 2. The Kier molecular flexibility index (Phi) is 5.11. The third-order valence-corrected chi connectivity index (χ3v) is 4.73. The summed E-state index contributed by atoms with van der Waals surface area (Å²) in [6.45, 7) is 6.91. The molecule has 0 bridgehead atoms. The summed E-state index contributed by atoms with van der Waals surface area (Å²) in [6, 6.07) is 11.8. The fourth-order valence-corrected chi connectivity index (χ4v) is 3.38. The number of benzene rings is 1. The van der Waals surface area contributed by atoms with Crippen LogP contribution in [0.25, 0.3) is 0 Å². The molecule has 1 unspecified atom stereocenters. The molecule has 0 aliphatic carbocycles. The maximum atomic E-state index is 12.5. The number of hydrogen-bond donors (Lipinski definition) is 1. The zero-order chi connectivity index (χ0) is 18.7. The third kappa shape index (κ3) is 4.31. The summed E-state index contributed by atoms with van der Waals surface area (Å²) in [6.07, 6.45) is 0.640. The minimum absolute atomic E-state index is 0.117. The summed E-state index contributed by atoms with van der Waals surface area (Å²) < 4.78 is 5.07. The largest absolute Gasteiger partial charge is 0.361 e. The first-order chi connectivity index (χ1) is 12.3. The van der Waals surface area contributed by atoms with Crippen molar-refractivity contribution in [3.05, 3.63) is 53.4 Å². The van der Waals surface area contributed by atoms with E-state index >= 15 is 0 Å². The first-order valence-electron chi connectivity index (χ1n) is 8.90. The average molecular weight is 355 g/mol. The SMILES string of the molecule is Cc1cc(CC(=O)NC2(C)CN(C(=O)CC(C)c3ccccc3)C2)on1. The van der Waals surface area contributed by atoms with Crippen molar-refractivity contribution in [2.45, 2.75) is 45.1 Å². The van der Waals surface area contributed by atoms with E-state index in [2.05, 4.69) is 17.4 Å². The van der Waals surface area contributed by atoms with Crippen LogP contribution in [0.1, 0.15) is 43.2 Å². The molecule has 0 radical (unpaired) electrons. The molecule has 1 N–H and O–H groups in total. The molecule has 1 aliphatic heterocycles. The number of rotatable bonds is 6. The highest BCUT2D eigenvalue weighted by molar-refractivity contribution is 5.81. The van der Waals surface area contributed by atoms with Crippen molar-refractivity contribution in [2.75, 3.05) is 13.1 Å². The molecule has 3 rings (SSSR count). The number of nitrogens with one attached hydrogen (secondary N) is 1. The quantitative estimate of drug-likeness (QED) is 0.863. The second kappa shape index (κ2) is 7.32. The predicted octanol–water partition coefficient (Wildman–Crippen LogP) is 2.44. The van der Waals surface area contributed by atoms with Gasteiger partial charge in [0.2, 0.25) is 11.8 Å². The van der Waals surface area contributed by atoms with Gasteiger partial charge in [0.25, 0.3) is 0 Å². The Morgan fingerprint density at radius 3 is 2.62 bits per heavy atom. The lowest BCUT2D eigenvalue weighted by molar-refractivity contribution is -0.142. The van der Waals surface area contributed by atoms with Gasteiger partial charge in [-0.25, -0.2) is 0 Å². The summed E-state index contributed by atoms with van der Waals surface area (Å²) >= 11 is 0. The number of carbonyl (C=O) groups is 2. The minimum atomic E-state index is -0.377. The van der Waals surface area contributed by atoms with Gasteiger partial charge in [-0.05, 0) is 25.3 Å². The Labute approximate surface area is 153 Å². The lowest BCUT2D eigenvalue weighted by Crippen LogP contribution is -2.69. The maximum Gasteiger partial charge on any atom is 0.228 e. The molecule has 6 nitrogen and oxygen atoms in total. The highest BCUT2D eigenvalue weighted by atomic mass is 16.5. The summed E-state index contributed by atoms with van der Waals surface area (Å²) in [4.78, 5) is 26.4. The van der Waals surface area contributed by atoms with Gasteiger partial charge in [0.15, 0.2) is 0 Å². The molecule has 1 aromatic carbocycles. The van der Waals surface area contributed by atoms with E-state index in [-0.39, 0.29) is 29.7 Å². The Hall–Kier alpha value is -2.63. The maximum absolute atomic E-state index is 12.5. The highest BCUT2D eigenvalue weighted by Crippen LogP contribution is 2.25. The molecule has 0 spiro atoms. The molecule has 1 atom stereocenters. The molecule has 2 amide bonds. The monoisotopic (exact) mass is 355 g/mol. The second-order valence-electron chi connectivity index (χ2n) is 7.49. The summed E-state index contributed by atoms with van der Waals surface area (Å²) in [7, 11) is 0. The third-order valence-electron chi connectivity index (χ3n) is 4.73. The van der Waals surface area contributed by atoms with Crippen molar-refractivity contribution < 1.29 is 14.1 Å².